The predicted octanol–water partition coefficient (Wildman–Crippen LogP) is 2.27. The highest BCUT2D eigenvalue weighted by molar-refractivity contribution is 5.38. The van der Waals surface area contributed by atoms with Gasteiger partial charge in [-0.15, -0.1) is 0 Å². The molecule has 2 nitrogen and oxygen atoms in total. The van der Waals surface area contributed by atoms with Crippen molar-refractivity contribution in [1.82, 2.24) is 5.32 Å². The molecule has 1 aromatic rings. The molecule has 0 aromatic heterocycles. The molecule has 1 atom stereocenters. The Morgan fingerprint density at radius 2 is 1.87 bits per heavy atom. The highest BCUT2D eigenvalue weighted by Gasteiger charge is 2.17. The molecule has 2 rings (SSSR count). The third-order valence-electron chi connectivity index (χ3n) is 3.18. The first kappa shape index (κ1) is 10.7. The van der Waals surface area contributed by atoms with E-state index in [9.17, 15) is 0 Å². The lowest BCUT2D eigenvalue weighted by Crippen LogP contribution is -2.35. The molecule has 1 saturated heterocycles. The van der Waals surface area contributed by atoms with E-state index in [2.05, 4.69) is 38.2 Å². The zero-order valence-electron chi connectivity index (χ0n) is 9.76. The summed E-state index contributed by atoms with van der Waals surface area (Å²) in [6.07, 6.45) is 0. The van der Waals surface area contributed by atoms with Crippen LogP contribution in [0.15, 0.2) is 12.1 Å². The predicted molar refractivity (Wildman–Crippen MR) is 62.2 cm³/mol. The van der Waals surface area contributed by atoms with Crippen LogP contribution in [0.5, 0.6) is 0 Å². The van der Waals surface area contributed by atoms with E-state index < -0.39 is 0 Å². The van der Waals surface area contributed by atoms with Crippen LogP contribution in [0.4, 0.5) is 0 Å². The van der Waals surface area contributed by atoms with Gasteiger partial charge in [0.25, 0.3) is 0 Å². The second-order valence-corrected chi connectivity index (χ2v) is 4.37. The number of benzene rings is 1. The van der Waals surface area contributed by atoms with E-state index in [0.29, 0.717) is 6.04 Å². The maximum atomic E-state index is 5.50. The Labute approximate surface area is 91.6 Å². The third-order valence-corrected chi connectivity index (χ3v) is 3.18. The third kappa shape index (κ3) is 2.21. The average Bonchev–Trinajstić information content (AvgIpc) is 2.25. The standard InChI is InChI=1S/C13H19NO/c1-9-6-11(3)12(7-10(9)2)13-8-15-5-4-14-13/h6-7,13-14H,4-5,8H2,1-3H3. The molecule has 82 valence electrons. The molecule has 1 aliphatic heterocycles. The monoisotopic (exact) mass is 205 g/mol. The van der Waals surface area contributed by atoms with E-state index in [-0.39, 0.29) is 0 Å². The lowest BCUT2D eigenvalue weighted by atomic mass is 9.96. The van der Waals surface area contributed by atoms with Crippen LogP contribution < -0.4 is 5.32 Å². The van der Waals surface area contributed by atoms with Gasteiger partial charge in [0.05, 0.1) is 19.3 Å². The van der Waals surface area contributed by atoms with Gasteiger partial charge >= 0.3 is 0 Å². The summed E-state index contributed by atoms with van der Waals surface area (Å²) < 4.78 is 5.50. The maximum absolute atomic E-state index is 5.50. The number of morpholine rings is 1. The number of hydrogen-bond acceptors (Lipinski definition) is 2. The Balaban J connectivity index is 2.30. The maximum Gasteiger partial charge on any atom is 0.0662 e. The van der Waals surface area contributed by atoms with Crippen LogP contribution in [0.2, 0.25) is 0 Å². The molecular weight excluding hydrogens is 186 g/mol. The topological polar surface area (TPSA) is 21.3 Å². The molecule has 1 heterocycles. The van der Waals surface area contributed by atoms with Crippen LogP contribution in [0, 0.1) is 20.8 Å². The molecule has 2 heteroatoms. The normalized spacial score (nSPS) is 21.7. The Morgan fingerprint density at radius 3 is 2.53 bits per heavy atom. The first-order valence-electron chi connectivity index (χ1n) is 5.57. The molecule has 0 bridgehead atoms. The lowest BCUT2D eigenvalue weighted by molar-refractivity contribution is 0.0767. The molecule has 15 heavy (non-hydrogen) atoms. The summed E-state index contributed by atoms with van der Waals surface area (Å²) in [5.41, 5.74) is 5.48. The van der Waals surface area contributed by atoms with Gasteiger partial charge in [0.15, 0.2) is 0 Å². The van der Waals surface area contributed by atoms with E-state index in [0.717, 1.165) is 19.8 Å². The van der Waals surface area contributed by atoms with Gasteiger partial charge in [-0.2, -0.15) is 0 Å². The van der Waals surface area contributed by atoms with Crippen molar-refractivity contribution in [2.75, 3.05) is 19.8 Å². The van der Waals surface area contributed by atoms with E-state index in [1.807, 2.05) is 0 Å². The van der Waals surface area contributed by atoms with Crippen molar-refractivity contribution in [2.45, 2.75) is 26.8 Å². The largest absolute Gasteiger partial charge is 0.378 e. The first-order chi connectivity index (χ1) is 7.18. The molecule has 0 spiro atoms. The molecule has 1 aliphatic rings. The van der Waals surface area contributed by atoms with E-state index >= 15 is 0 Å². The minimum atomic E-state index is 0.373. The van der Waals surface area contributed by atoms with Crippen LogP contribution in [0.3, 0.4) is 0 Å². The van der Waals surface area contributed by atoms with Gasteiger partial charge in [-0.25, -0.2) is 0 Å². The molecule has 0 radical (unpaired) electrons. The average molecular weight is 205 g/mol. The SMILES string of the molecule is Cc1cc(C)c(C2COCCN2)cc1C. The van der Waals surface area contributed by atoms with Crippen LogP contribution in [0.25, 0.3) is 0 Å². The summed E-state index contributed by atoms with van der Waals surface area (Å²) in [6.45, 7) is 9.09. The number of ether oxygens (including phenoxy) is 1. The zero-order chi connectivity index (χ0) is 10.8. The Morgan fingerprint density at radius 1 is 1.13 bits per heavy atom. The number of hydrogen-bond donors (Lipinski definition) is 1. The molecule has 0 aliphatic carbocycles. The molecule has 1 unspecified atom stereocenters. The summed E-state index contributed by atoms with van der Waals surface area (Å²) >= 11 is 0. The Kier molecular flexibility index (Phi) is 3.08. The number of rotatable bonds is 1. The summed E-state index contributed by atoms with van der Waals surface area (Å²) in [7, 11) is 0. The van der Waals surface area contributed by atoms with Crippen molar-refractivity contribution in [3.8, 4) is 0 Å². The van der Waals surface area contributed by atoms with E-state index in [1.165, 1.54) is 22.3 Å². The van der Waals surface area contributed by atoms with E-state index in [1.54, 1.807) is 0 Å². The lowest BCUT2D eigenvalue weighted by Gasteiger charge is -2.26. The van der Waals surface area contributed by atoms with Crippen molar-refractivity contribution in [1.29, 1.82) is 0 Å². The molecule has 1 N–H and O–H groups in total. The van der Waals surface area contributed by atoms with Gasteiger partial charge < -0.3 is 10.1 Å². The van der Waals surface area contributed by atoms with Crippen molar-refractivity contribution in [3.05, 3.63) is 34.4 Å². The molecule has 1 fully saturated rings. The van der Waals surface area contributed by atoms with Crippen LogP contribution in [-0.4, -0.2) is 19.8 Å². The zero-order valence-corrected chi connectivity index (χ0v) is 9.76. The first-order valence-corrected chi connectivity index (χ1v) is 5.57. The summed E-state index contributed by atoms with van der Waals surface area (Å²) in [5.74, 6) is 0. The fourth-order valence-corrected chi connectivity index (χ4v) is 2.12. The van der Waals surface area contributed by atoms with Crippen molar-refractivity contribution >= 4 is 0 Å². The number of nitrogens with one attached hydrogen (secondary N) is 1. The van der Waals surface area contributed by atoms with Crippen LogP contribution in [-0.2, 0) is 4.74 Å². The van der Waals surface area contributed by atoms with Crippen molar-refractivity contribution in [3.63, 3.8) is 0 Å². The number of aryl methyl sites for hydroxylation is 3. The van der Waals surface area contributed by atoms with Crippen molar-refractivity contribution in [2.24, 2.45) is 0 Å². The quantitative estimate of drug-likeness (QED) is 0.759. The van der Waals surface area contributed by atoms with E-state index in [4.69, 9.17) is 4.74 Å². The fraction of sp³-hybridized carbons (Fsp3) is 0.538. The Bertz CT molecular complexity index is 354. The van der Waals surface area contributed by atoms with Crippen LogP contribution in [0.1, 0.15) is 28.3 Å². The molecular formula is C13H19NO. The minimum Gasteiger partial charge on any atom is -0.378 e. The molecule has 0 amide bonds. The summed E-state index contributed by atoms with van der Waals surface area (Å²) in [4.78, 5) is 0. The second kappa shape index (κ2) is 4.33. The second-order valence-electron chi connectivity index (χ2n) is 4.37. The highest BCUT2D eigenvalue weighted by Crippen LogP contribution is 2.23. The minimum absolute atomic E-state index is 0.373. The molecule has 1 aromatic carbocycles. The fourth-order valence-electron chi connectivity index (χ4n) is 2.12. The van der Waals surface area contributed by atoms with Crippen molar-refractivity contribution < 1.29 is 4.74 Å². The van der Waals surface area contributed by atoms with Gasteiger partial charge in [-0.05, 0) is 43.0 Å². The Hall–Kier alpha value is -0.860. The molecule has 0 saturated carbocycles. The highest BCUT2D eigenvalue weighted by atomic mass is 16.5. The van der Waals surface area contributed by atoms with Gasteiger partial charge in [-0.1, -0.05) is 12.1 Å². The van der Waals surface area contributed by atoms with Gasteiger partial charge in [0.1, 0.15) is 0 Å². The van der Waals surface area contributed by atoms with Gasteiger partial charge in [0, 0.05) is 6.54 Å². The summed E-state index contributed by atoms with van der Waals surface area (Å²) in [5, 5.41) is 3.50. The summed E-state index contributed by atoms with van der Waals surface area (Å²) in [6, 6.07) is 4.93. The van der Waals surface area contributed by atoms with Crippen LogP contribution >= 0.6 is 0 Å². The smallest absolute Gasteiger partial charge is 0.0662 e. The van der Waals surface area contributed by atoms with Gasteiger partial charge in [-0.3, -0.25) is 0 Å². The van der Waals surface area contributed by atoms with Gasteiger partial charge in [0.2, 0.25) is 0 Å².